The first-order valence-corrected chi connectivity index (χ1v) is 23.8. The van der Waals surface area contributed by atoms with Crippen LogP contribution in [0.2, 0.25) is 0 Å². The monoisotopic (exact) mass is 876 g/mol. The van der Waals surface area contributed by atoms with E-state index in [1.165, 1.54) is 82.1 Å². The summed E-state index contributed by atoms with van der Waals surface area (Å²) in [5.74, 6) is 2.53. The molecule has 0 amide bonds. The summed E-state index contributed by atoms with van der Waals surface area (Å²) in [5, 5.41) is 9.84. The molecule has 0 saturated heterocycles. The van der Waals surface area contributed by atoms with Gasteiger partial charge in [0, 0.05) is 51.1 Å². The molecule has 0 spiro atoms. The SMILES string of the molecule is Cc1ccc2c3ccccc3c3cccc4c3n(c3c(C)cccc3c2c1)CN4c1ccc(C(C)(C)C)c(Oc2ccc3c4cc(C(C)(C)C)ccc4n(-c4cc(C(C)(C)C)ccn4)c3c2)c1. The highest BCUT2D eigenvalue weighted by molar-refractivity contribution is 6.21. The van der Waals surface area contributed by atoms with Crippen molar-refractivity contribution in [3.63, 3.8) is 0 Å². The summed E-state index contributed by atoms with van der Waals surface area (Å²) >= 11 is 0. The molecule has 5 heteroatoms. The van der Waals surface area contributed by atoms with Gasteiger partial charge in [0.05, 0.1) is 27.8 Å². The van der Waals surface area contributed by atoms with Crippen LogP contribution in [0.15, 0.2) is 152 Å². The summed E-state index contributed by atoms with van der Waals surface area (Å²) in [5.41, 5.74) is 12.9. The number of aryl methyl sites for hydroxylation is 2. The summed E-state index contributed by atoms with van der Waals surface area (Å²) in [4.78, 5) is 7.47. The maximum absolute atomic E-state index is 7.22. The molecule has 3 aromatic heterocycles. The molecule has 334 valence electrons. The van der Waals surface area contributed by atoms with Crippen molar-refractivity contribution >= 4 is 76.5 Å². The lowest BCUT2D eigenvalue weighted by atomic mass is 9.86. The zero-order valence-electron chi connectivity index (χ0n) is 40.8. The van der Waals surface area contributed by atoms with Crippen LogP contribution in [0.5, 0.6) is 11.5 Å². The number of fused-ring (bicyclic) bond motifs is 10. The fourth-order valence-electron chi connectivity index (χ4n) is 10.5. The molecule has 4 heterocycles. The molecule has 11 rings (SSSR count). The Morgan fingerprint density at radius 1 is 0.493 bits per heavy atom. The van der Waals surface area contributed by atoms with Gasteiger partial charge in [0.15, 0.2) is 0 Å². The molecule has 0 saturated carbocycles. The van der Waals surface area contributed by atoms with E-state index < -0.39 is 0 Å². The molecule has 1 aliphatic rings. The first-order chi connectivity index (χ1) is 31.9. The molecule has 0 atom stereocenters. The summed E-state index contributed by atoms with van der Waals surface area (Å²) in [7, 11) is 0. The average molecular weight is 877 g/mol. The topological polar surface area (TPSA) is 35.2 Å². The van der Waals surface area contributed by atoms with Crippen LogP contribution < -0.4 is 9.64 Å². The van der Waals surface area contributed by atoms with Crippen LogP contribution in [-0.4, -0.2) is 14.1 Å². The average Bonchev–Trinajstić information content (AvgIpc) is 3.84. The standard InChI is InChI=1S/C62H60N4O/c1-38-22-26-46-44-17-12-13-18-45(44)48-20-15-21-54-59(48)65(58-39(2)16-14-19-49(58)50(46)32-38)37-64(54)42-24-28-52(62(9,10)11)56(35-42)67-43-25-27-47-51-33-40(60(3,4)5)23-29-53(51)66(55(47)36-43)57-34-41(30-31-63-57)61(6,7)8/h12-36H,37H2,1-11H3. The van der Waals surface area contributed by atoms with Crippen LogP contribution in [0.3, 0.4) is 0 Å². The maximum atomic E-state index is 7.22. The molecule has 0 N–H and O–H groups in total. The Bertz CT molecular complexity index is 3730. The van der Waals surface area contributed by atoms with Crippen molar-refractivity contribution in [1.29, 1.82) is 0 Å². The van der Waals surface area contributed by atoms with Gasteiger partial charge in [0.25, 0.3) is 0 Å². The summed E-state index contributed by atoms with van der Waals surface area (Å²) in [6.07, 6.45) is 1.95. The van der Waals surface area contributed by atoms with E-state index >= 15 is 0 Å². The highest BCUT2D eigenvalue weighted by Gasteiger charge is 2.28. The van der Waals surface area contributed by atoms with E-state index in [0.29, 0.717) is 6.67 Å². The van der Waals surface area contributed by atoms with Gasteiger partial charge < -0.3 is 14.2 Å². The van der Waals surface area contributed by atoms with E-state index in [1.54, 1.807) is 0 Å². The van der Waals surface area contributed by atoms with Crippen molar-refractivity contribution < 1.29 is 4.74 Å². The van der Waals surface area contributed by atoms with Crippen molar-refractivity contribution in [3.05, 3.63) is 180 Å². The van der Waals surface area contributed by atoms with E-state index in [9.17, 15) is 0 Å². The van der Waals surface area contributed by atoms with E-state index in [1.807, 2.05) is 6.20 Å². The minimum atomic E-state index is -0.183. The molecule has 10 aromatic rings. The Morgan fingerprint density at radius 2 is 1.16 bits per heavy atom. The van der Waals surface area contributed by atoms with Crippen LogP contribution in [0.25, 0.3) is 71.0 Å². The Hall–Kier alpha value is -7.11. The molecule has 7 aromatic carbocycles. The summed E-state index contributed by atoms with van der Waals surface area (Å²) < 4.78 is 12.1. The summed E-state index contributed by atoms with van der Waals surface area (Å²) in [6, 6.07) is 54.1. The Kier molecular flexibility index (Phi) is 9.66. The van der Waals surface area contributed by atoms with E-state index in [0.717, 1.165) is 39.6 Å². The predicted octanol–water partition coefficient (Wildman–Crippen LogP) is 17.1. The van der Waals surface area contributed by atoms with Gasteiger partial charge >= 0.3 is 0 Å². The lowest BCUT2D eigenvalue weighted by Gasteiger charge is -2.26. The lowest BCUT2D eigenvalue weighted by Crippen LogP contribution is -2.17. The third-order valence-corrected chi connectivity index (χ3v) is 14.1. The van der Waals surface area contributed by atoms with Crippen LogP contribution >= 0.6 is 0 Å². The quantitative estimate of drug-likeness (QED) is 0.177. The highest BCUT2D eigenvalue weighted by atomic mass is 16.5. The van der Waals surface area contributed by atoms with Crippen molar-refractivity contribution in [2.45, 2.75) is 99.1 Å². The number of benzene rings is 7. The molecule has 1 aliphatic heterocycles. The van der Waals surface area contributed by atoms with Gasteiger partial charge in [-0.05, 0) is 117 Å². The molecule has 67 heavy (non-hydrogen) atoms. The number of pyridine rings is 1. The number of rotatable bonds is 4. The maximum Gasteiger partial charge on any atom is 0.137 e. The molecule has 0 fully saturated rings. The van der Waals surface area contributed by atoms with Crippen molar-refractivity contribution in [1.82, 2.24) is 14.1 Å². The van der Waals surface area contributed by atoms with Crippen LogP contribution in [-0.2, 0) is 22.9 Å². The van der Waals surface area contributed by atoms with Gasteiger partial charge in [0.2, 0.25) is 0 Å². The van der Waals surface area contributed by atoms with E-state index in [-0.39, 0.29) is 16.2 Å². The predicted molar refractivity (Wildman–Crippen MR) is 285 cm³/mol. The molecule has 0 bridgehead atoms. The van der Waals surface area contributed by atoms with Gasteiger partial charge in [0.1, 0.15) is 24.0 Å². The molecular formula is C62H60N4O. The number of aromatic nitrogens is 3. The Balaban J connectivity index is 1.11. The normalized spacial score (nSPS) is 13.2. The zero-order valence-corrected chi connectivity index (χ0v) is 40.8. The second kappa shape index (κ2) is 15.2. The number of para-hydroxylation sites is 2. The Morgan fingerprint density at radius 3 is 1.91 bits per heavy atom. The van der Waals surface area contributed by atoms with Crippen LogP contribution in [0.4, 0.5) is 11.4 Å². The third-order valence-electron chi connectivity index (χ3n) is 14.1. The van der Waals surface area contributed by atoms with Crippen molar-refractivity contribution in [2.75, 3.05) is 4.90 Å². The number of anilines is 2. The number of hydrogen-bond donors (Lipinski definition) is 0. The van der Waals surface area contributed by atoms with Crippen LogP contribution in [0, 0.1) is 13.8 Å². The van der Waals surface area contributed by atoms with Crippen LogP contribution in [0.1, 0.15) is 90.1 Å². The highest BCUT2D eigenvalue weighted by Crippen LogP contribution is 2.46. The number of hydrogen-bond acceptors (Lipinski definition) is 3. The second-order valence-electron chi connectivity index (χ2n) is 21.9. The third kappa shape index (κ3) is 7.10. The molecule has 0 unspecified atom stereocenters. The zero-order chi connectivity index (χ0) is 46.7. The van der Waals surface area contributed by atoms with Gasteiger partial charge in [-0.3, -0.25) is 4.57 Å². The van der Waals surface area contributed by atoms with E-state index in [2.05, 4.69) is 236 Å². The molecule has 0 radical (unpaired) electrons. The smallest absolute Gasteiger partial charge is 0.137 e. The summed E-state index contributed by atoms with van der Waals surface area (Å²) in [6.45, 7) is 25.5. The number of nitrogens with zero attached hydrogens (tertiary/aromatic N) is 4. The first kappa shape index (κ1) is 42.5. The molecule has 0 aliphatic carbocycles. The second-order valence-corrected chi connectivity index (χ2v) is 21.9. The van der Waals surface area contributed by atoms with Gasteiger partial charge in [-0.15, -0.1) is 0 Å². The Labute approximate surface area is 394 Å². The van der Waals surface area contributed by atoms with Gasteiger partial charge in [-0.1, -0.05) is 153 Å². The molecular weight excluding hydrogens is 817 g/mol. The molecule has 5 nitrogen and oxygen atoms in total. The van der Waals surface area contributed by atoms with Gasteiger partial charge in [-0.2, -0.15) is 0 Å². The minimum Gasteiger partial charge on any atom is -0.457 e. The fourth-order valence-corrected chi connectivity index (χ4v) is 10.5. The van der Waals surface area contributed by atoms with Crippen molar-refractivity contribution in [2.24, 2.45) is 0 Å². The largest absolute Gasteiger partial charge is 0.457 e. The minimum absolute atomic E-state index is 0.00560. The van der Waals surface area contributed by atoms with E-state index in [4.69, 9.17) is 9.72 Å². The van der Waals surface area contributed by atoms with Crippen molar-refractivity contribution in [3.8, 4) is 17.3 Å². The lowest BCUT2D eigenvalue weighted by molar-refractivity contribution is 0.456. The number of ether oxygens (including phenoxy) is 1. The first-order valence-electron chi connectivity index (χ1n) is 23.8. The fraction of sp³-hybridized carbons (Fsp3) is 0.242. The van der Waals surface area contributed by atoms with Gasteiger partial charge in [-0.25, -0.2) is 4.98 Å².